The molecule has 0 N–H and O–H groups in total. The first-order chi connectivity index (χ1) is 14.6. The number of benzene rings is 2. The second-order valence-corrected chi connectivity index (χ2v) is 10.3. The number of nitrogens with zero attached hydrogens (tertiary/aromatic N) is 2. The molecule has 4 saturated carbocycles. The van der Waals surface area contributed by atoms with Crippen LogP contribution in [-0.2, 0) is 0 Å². The van der Waals surface area contributed by atoms with Crippen LogP contribution in [0, 0.1) is 17.8 Å². The molecule has 1 aliphatic heterocycles. The lowest BCUT2D eigenvalue weighted by Gasteiger charge is -2.61. The zero-order valence-electron chi connectivity index (χ0n) is 18.0. The van der Waals surface area contributed by atoms with Gasteiger partial charge in [-0.15, -0.1) is 0 Å². The first-order valence-corrected chi connectivity index (χ1v) is 11.7. The Labute approximate surface area is 179 Å². The van der Waals surface area contributed by atoms with Gasteiger partial charge < -0.3 is 9.64 Å². The Hall–Kier alpha value is -2.07. The van der Waals surface area contributed by atoms with Crippen molar-refractivity contribution in [3.63, 3.8) is 0 Å². The van der Waals surface area contributed by atoms with Crippen molar-refractivity contribution >= 4 is 16.7 Å². The maximum atomic E-state index is 13.4. The zero-order chi connectivity index (χ0) is 20.3. The Bertz CT molecular complexity index is 941. The smallest absolute Gasteiger partial charge is 0.257 e. The zero-order valence-corrected chi connectivity index (χ0v) is 18.0. The van der Waals surface area contributed by atoms with Gasteiger partial charge in [0, 0.05) is 31.7 Å². The summed E-state index contributed by atoms with van der Waals surface area (Å²) in [4.78, 5) is 18.2. The van der Waals surface area contributed by atoms with Crippen LogP contribution < -0.4 is 4.74 Å². The Morgan fingerprint density at radius 1 is 0.900 bits per heavy atom. The van der Waals surface area contributed by atoms with Crippen LogP contribution in [0.4, 0.5) is 0 Å². The van der Waals surface area contributed by atoms with Gasteiger partial charge in [0.15, 0.2) is 0 Å². The van der Waals surface area contributed by atoms with Crippen LogP contribution in [-0.4, -0.2) is 54.5 Å². The second kappa shape index (κ2) is 6.98. The van der Waals surface area contributed by atoms with Crippen LogP contribution in [0.2, 0.25) is 0 Å². The third-order valence-corrected chi connectivity index (χ3v) is 8.54. The fourth-order valence-corrected chi connectivity index (χ4v) is 7.56. The fraction of sp³-hybridized carbons (Fsp3) is 0.577. The first-order valence-electron chi connectivity index (χ1n) is 11.7. The Balaban J connectivity index is 1.20. The number of rotatable bonds is 3. The highest BCUT2D eigenvalue weighted by atomic mass is 16.5. The molecule has 158 valence electrons. The molecule has 5 fully saturated rings. The van der Waals surface area contributed by atoms with Gasteiger partial charge in [0.05, 0.1) is 12.7 Å². The second-order valence-electron chi connectivity index (χ2n) is 10.3. The van der Waals surface area contributed by atoms with Gasteiger partial charge in [-0.25, -0.2) is 0 Å². The minimum Gasteiger partial charge on any atom is -0.496 e. The van der Waals surface area contributed by atoms with Gasteiger partial charge in [0.25, 0.3) is 5.91 Å². The van der Waals surface area contributed by atoms with Crippen LogP contribution >= 0.6 is 0 Å². The van der Waals surface area contributed by atoms with Crippen LogP contribution in [0.3, 0.4) is 0 Å². The lowest BCUT2D eigenvalue weighted by molar-refractivity contribution is -0.0987. The van der Waals surface area contributed by atoms with Crippen molar-refractivity contribution in [3.05, 3.63) is 42.0 Å². The third-order valence-electron chi connectivity index (χ3n) is 8.54. The van der Waals surface area contributed by atoms with Crippen LogP contribution in [0.25, 0.3) is 10.8 Å². The van der Waals surface area contributed by atoms with E-state index in [0.29, 0.717) is 16.9 Å². The summed E-state index contributed by atoms with van der Waals surface area (Å²) >= 11 is 0. The Kier molecular flexibility index (Phi) is 4.35. The predicted octanol–water partition coefficient (Wildman–Crippen LogP) is 4.58. The fourth-order valence-electron chi connectivity index (χ4n) is 7.56. The van der Waals surface area contributed by atoms with E-state index in [1.165, 1.54) is 38.5 Å². The number of carbonyl (C=O) groups excluding carboxylic acids is 1. The molecule has 4 heteroatoms. The standard InChI is InChI=1S/C26H32N2O2/c1-30-24-14-22-5-3-2-4-21(22)13-23(24)25(29)27-6-8-28(9-7-27)26-15-18-10-19(16-26)12-20(11-18)17-26/h2-5,13-14,18-20H,6-12,15-17H2,1H3. The van der Waals surface area contributed by atoms with E-state index in [-0.39, 0.29) is 5.91 Å². The summed E-state index contributed by atoms with van der Waals surface area (Å²) in [6.07, 6.45) is 8.68. The SMILES string of the molecule is COc1cc2ccccc2cc1C(=O)N1CCN(C23CC4CC(CC(C4)C2)C3)CC1. The Morgan fingerprint density at radius 3 is 2.03 bits per heavy atom. The molecular formula is C26H32N2O2. The monoisotopic (exact) mass is 404 g/mol. The van der Waals surface area contributed by atoms with Crippen LogP contribution in [0.15, 0.2) is 36.4 Å². The molecular weight excluding hydrogens is 372 g/mol. The molecule has 4 nitrogen and oxygen atoms in total. The van der Waals surface area contributed by atoms with Crippen molar-refractivity contribution in [2.24, 2.45) is 17.8 Å². The van der Waals surface area contributed by atoms with Crippen molar-refractivity contribution in [2.75, 3.05) is 33.3 Å². The predicted molar refractivity (Wildman–Crippen MR) is 119 cm³/mol. The average molecular weight is 405 g/mol. The molecule has 7 rings (SSSR count). The van der Waals surface area contributed by atoms with E-state index >= 15 is 0 Å². The van der Waals surface area contributed by atoms with Crippen molar-refractivity contribution in [1.82, 2.24) is 9.80 Å². The van der Waals surface area contributed by atoms with Gasteiger partial charge in [0.1, 0.15) is 5.75 Å². The summed E-state index contributed by atoms with van der Waals surface area (Å²) in [6.45, 7) is 3.70. The lowest BCUT2D eigenvalue weighted by atomic mass is 9.52. The van der Waals surface area contributed by atoms with E-state index in [1.807, 2.05) is 29.2 Å². The van der Waals surface area contributed by atoms with Crippen LogP contribution in [0.5, 0.6) is 5.75 Å². The van der Waals surface area contributed by atoms with Crippen molar-refractivity contribution < 1.29 is 9.53 Å². The molecule has 1 amide bonds. The van der Waals surface area contributed by atoms with E-state index in [4.69, 9.17) is 4.74 Å². The van der Waals surface area contributed by atoms with E-state index in [1.54, 1.807) is 7.11 Å². The van der Waals surface area contributed by atoms with Gasteiger partial charge in [-0.05, 0) is 79.2 Å². The van der Waals surface area contributed by atoms with Gasteiger partial charge in [-0.1, -0.05) is 24.3 Å². The number of amides is 1. The first kappa shape index (κ1) is 18.7. The van der Waals surface area contributed by atoms with Crippen molar-refractivity contribution in [1.29, 1.82) is 0 Å². The number of hydrogen-bond acceptors (Lipinski definition) is 3. The molecule has 0 radical (unpaired) electrons. The lowest BCUT2D eigenvalue weighted by Crippen LogP contribution is -2.64. The highest BCUT2D eigenvalue weighted by molar-refractivity contribution is 6.01. The minimum atomic E-state index is 0.114. The highest BCUT2D eigenvalue weighted by Gasteiger charge is 2.53. The molecule has 4 aliphatic carbocycles. The van der Waals surface area contributed by atoms with E-state index in [9.17, 15) is 4.79 Å². The Morgan fingerprint density at radius 2 is 1.47 bits per heavy atom. The summed E-state index contributed by atoms with van der Waals surface area (Å²) in [5.41, 5.74) is 1.14. The normalized spacial score (nSPS) is 33.2. The number of piperazine rings is 1. The van der Waals surface area contributed by atoms with Gasteiger partial charge in [-0.2, -0.15) is 0 Å². The summed E-state index contributed by atoms with van der Waals surface area (Å²) in [5, 5.41) is 2.20. The third kappa shape index (κ3) is 2.95. The van der Waals surface area contributed by atoms with Gasteiger partial charge in [0.2, 0.25) is 0 Å². The van der Waals surface area contributed by atoms with Crippen molar-refractivity contribution in [2.45, 2.75) is 44.1 Å². The van der Waals surface area contributed by atoms with E-state index in [2.05, 4.69) is 17.0 Å². The topological polar surface area (TPSA) is 32.8 Å². The largest absolute Gasteiger partial charge is 0.496 e. The molecule has 2 aromatic rings. The number of carbonyl (C=O) groups is 1. The molecule has 4 bridgehead atoms. The molecule has 1 saturated heterocycles. The summed E-state index contributed by atoms with van der Waals surface area (Å²) in [7, 11) is 1.66. The quantitative estimate of drug-likeness (QED) is 0.751. The summed E-state index contributed by atoms with van der Waals surface area (Å²) < 4.78 is 5.59. The molecule has 0 atom stereocenters. The van der Waals surface area contributed by atoms with Crippen molar-refractivity contribution in [3.8, 4) is 5.75 Å². The molecule has 0 spiro atoms. The number of ether oxygens (including phenoxy) is 1. The van der Waals surface area contributed by atoms with E-state index < -0.39 is 0 Å². The van der Waals surface area contributed by atoms with E-state index in [0.717, 1.165) is 54.7 Å². The molecule has 0 unspecified atom stereocenters. The molecule has 0 aromatic heterocycles. The molecule has 5 aliphatic rings. The number of hydrogen-bond donors (Lipinski definition) is 0. The highest BCUT2D eigenvalue weighted by Crippen LogP contribution is 2.57. The van der Waals surface area contributed by atoms with Crippen LogP contribution in [0.1, 0.15) is 48.9 Å². The number of fused-ring (bicyclic) bond motifs is 1. The summed E-state index contributed by atoms with van der Waals surface area (Å²) in [5.74, 6) is 3.71. The molecule has 2 aromatic carbocycles. The maximum Gasteiger partial charge on any atom is 0.257 e. The van der Waals surface area contributed by atoms with Gasteiger partial charge in [-0.3, -0.25) is 9.69 Å². The molecule has 1 heterocycles. The summed E-state index contributed by atoms with van der Waals surface area (Å²) in [6, 6.07) is 12.2. The average Bonchev–Trinajstić information content (AvgIpc) is 2.77. The minimum absolute atomic E-state index is 0.114. The molecule has 30 heavy (non-hydrogen) atoms. The van der Waals surface area contributed by atoms with Gasteiger partial charge >= 0.3 is 0 Å². The number of methoxy groups -OCH3 is 1. The maximum absolute atomic E-state index is 13.4.